The minimum atomic E-state index is -0.566. The van der Waals surface area contributed by atoms with Crippen molar-refractivity contribution < 1.29 is 18.7 Å². The lowest BCUT2D eigenvalue weighted by atomic mass is 10.2. The fraction of sp³-hybridized carbons (Fsp3) is 0.211. The van der Waals surface area contributed by atoms with E-state index in [1.807, 2.05) is 12.1 Å². The number of benzene rings is 2. The number of carbonyl (C=O) groups excluding carboxylic acids is 2. The van der Waals surface area contributed by atoms with Crippen LogP contribution in [-0.2, 0) is 9.59 Å². The van der Waals surface area contributed by atoms with Crippen molar-refractivity contribution in [3.8, 4) is 5.75 Å². The fourth-order valence-electron chi connectivity index (χ4n) is 2.54. The number of nitrogens with zero attached hydrogens (tertiary/aromatic N) is 2. The van der Waals surface area contributed by atoms with E-state index in [-0.39, 0.29) is 24.1 Å². The number of amidine groups is 1. The number of thioether (sulfide) groups is 1. The maximum atomic E-state index is 12.9. The van der Waals surface area contributed by atoms with Gasteiger partial charge in [0.2, 0.25) is 11.8 Å². The van der Waals surface area contributed by atoms with Crippen LogP contribution in [0.15, 0.2) is 53.5 Å². The smallest absolute Gasteiger partial charge is 0.242 e. The number of amides is 2. The highest BCUT2D eigenvalue weighted by Crippen LogP contribution is 2.33. The Morgan fingerprint density at radius 3 is 2.67 bits per heavy atom. The molecule has 2 amide bonds. The first-order valence-electron chi connectivity index (χ1n) is 8.19. The largest absolute Gasteiger partial charge is 0.494 e. The summed E-state index contributed by atoms with van der Waals surface area (Å²) in [5.74, 6) is -0.292. The van der Waals surface area contributed by atoms with Gasteiger partial charge in [0.15, 0.2) is 5.17 Å². The maximum Gasteiger partial charge on any atom is 0.242 e. The molecule has 6 nitrogen and oxygen atoms in total. The van der Waals surface area contributed by atoms with Gasteiger partial charge in [0.1, 0.15) is 22.5 Å². The van der Waals surface area contributed by atoms with Crippen molar-refractivity contribution in [1.29, 1.82) is 0 Å². The second-order valence-corrected chi connectivity index (χ2v) is 7.00. The Morgan fingerprint density at radius 1 is 1.26 bits per heavy atom. The van der Waals surface area contributed by atoms with E-state index in [4.69, 9.17) is 4.74 Å². The van der Waals surface area contributed by atoms with E-state index in [0.717, 1.165) is 0 Å². The summed E-state index contributed by atoms with van der Waals surface area (Å²) in [5.41, 5.74) is 1.09. The molecule has 0 saturated carbocycles. The minimum Gasteiger partial charge on any atom is -0.494 e. The summed E-state index contributed by atoms with van der Waals surface area (Å²) in [4.78, 5) is 30.6. The van der Waals surface area contributed by atoms with Gasteiger partial charge in [0.05, 0.1) is 7.11 Å². The molecule has 140 valence electrons. The highest BCUT2D eigenvalue weighted by Gasteiger charge is 2.37. The van der Waals surface area contributed by atoms with Crippen molar-refractivity contribution in [2.45, 2.75) is 11.7 Å². The zero-order chi connectivity index (χ0) is 19.4. The summed E-state index contributed by atoms with van der Waals surface area (Å²) in [5, 5.41) is 2.60. The average molecular weight is 387 g/mol. The summed E-state index contributed by atoms with van der Waals surface area (Å²) in [6, 6.07) is 12.7. The summed E-state index contributed by atoms with van der Waals surface area (Å²) < 4.78 is 18.2. The molecule has 1 fully saturated rings. The fourth-order valence-corrected chi connectivity index (χ4v) is 3.68. The van der Waals surface area contributed by atoms with Gasteiger partial charge in [0.25, 0.3) is 0 Å². The quantitative estimate of drug-likeness (QED) is 0.853. The molecule has 0 bridgehead atoms. The Hall–Kier alpha value is -2.87. The number of anilines is 1. The lowest BCUT2D eigenvalue weighted by molar-refractivity contribution is -0.127. The van der Waals surface area contributed by atoms with Gasteiger partial charge < -0.3 is 10.1 Å². The molecule has 1 aliphatic heterocycles. The molecule has 1 atom stereocenters. The second kappa shape index (κ2) is 8.22. The Balaban J connectivity index is 1.69. The van der Waals surface area contributed by atoms with Gasteiger partial charge in [-0.3, -0.25) is 14.5 Å². The predicted octanol–water partition coefficient (Wildman–Crippen LogP) is 3.42. The minimum absolute atomic E-state index is 0.00381. The lowest BCUT2D eigenvalue weighted by Crippen LogP contribution is -2.30. The zero-order valence-corrected chi connectivity index (χ0v) is 15.6. The Labute approximate surface area is 160 Å². The van der Waals surface area contributed by atoms with Gasteiger partial charge in [-0.25, -0.2) is 9.38 Å². The molecule has 0 aromatic heterocycles. The van der Waals surface area contributed by atoms with E-state index in [1.165, 1.54) is 40.9 Å². The van der Waals surface area contributed by atoms with E-state index < -0.39 is 5.25 Å². The molecule has 2 aromatic rings. The monoisotopic (exact) mass is 387 g/mol. The van der Waals surface area contributed by atoms with Crippen LogP contribution in [0.3, 0.4) is 0 Å². The molecule has 2 aromatic carbocycles. The van der Waals surface area contributed by atoms with Crippen molar-refractivity contribution in [2.24, 2.45) is 4.99 Å². The summed E-state index contributed by atoms with van der Waals surface area (Å²) in [7, 11) is 3.18. The predicted molar refractivity (Wildman–Crippen MR) is 104 cm³/mol. The van der Waals surface area contributed by atoms with Crippen LogP contribution in [0, 0.1) is 5.82 Å². The van der Waals surface area contributed by atoms with E-state index in [2.05, 4.69) is 10.3 Å². The number of aliphatic imine (C=N–C) groups is 1. The average Bonchev–Trinajstić information content (AvgIpc) is 2.92. The topological polar surface area (TPSA) is 71.0 Å². The van der Waals surface area contributed by atoms with Crippen LogP contribution in [0.4, 0.5) is 15.8 Å². The standard InChI is InChI=1S/C19H18FN3O3S/c1-23-18(25)16(11-17(24)21-13-9-7-12(20)8-10-13)27-19(23)22-14-5-3-4-6-15(14)26-2/h3-10,16H,11H2,1-2H3,(H,21,24). The van der Waals surface area contributed by atoms with Crippen molar-refractivity contribution in [3.63, 3.8) is 0 Å². The number of rotatable bonds is 5. The third kappa shape index (κ3) is 4.46. The van der Waals surface area contributed by atoms with E-state index in [1.54, 1.807) is 26.3 Å². The number of hydrogen-bond donors (Lipinski definition) is 1. The van der Waals surface area contributed by atoms with Gasteiger partial charge in [-0.15, -0.1) is 0 Å². The van der Waals surface area contributed by atoms with Crippen LogP contribution in [0.25, 0.3) is 0 Å². The Kier molecular flexibility index (Phi) is 5.75. The molecule has 1 unspecified atom stereocenters. The van der Waals surface area contributed by atoms with Crippen molar-refractivity contribution in [3.05, 3.63) is 54.3 Å². The molecule has 1 aliphatic rings. The number of methoxy groups -OCH3 is 1. The molecule has 1 heterocycles. The van der Waals surface area contributed by atoms with E-state index in [9.17, 15) is 14.0 Å². The van der Waals surface area contributed by atoms with Crippen LogP contribution < -0.4 is 10.1 Å². The van der Waals surface area contributed by atoms with Gasteiger partial charge in [-0.05, 0) is 36.4 Å². The molecule has 8 heteroatoms. The zero-order valence-electron chi connectivity index (χ0n) is 14.8. The van der Waals surface area contributed by atoms with Crippen molar-refractivity contribution >= 4 is 40.1 Å². The third-order valence-electron chi connectivity index (χ3n) is 3.94. The normalized spacial score (nSPS) is 18.0. The summed E-state index contributed by atoms with van der Waals surface area (Å²) >= 11 is 1.23. The molecule has 1 saturated heterocycles. The van der Waals surface area contributed by atoms with Gasteiger partial charge in [-0.2, -0.15) is 0 Å². The van der Waals surface area contributed by atoms with Crippen LogP contribution >= 0.6 is 11.8 Å². The molecule has 27 heavy (non-hydrogen) atoms. The molecule has 0 aliphatic carbocycles. The molecule has 1 N–H and O–H groups in total. The van der Waals surface area contributed by atoms with Crippen LogP contribution in [0.2, 0.25) is 0 Å². The van der Waals surface area contributed by atoms with E-state index >= 15 is 0 Å². The van der Waals surface area contributed by atoms with Crippen LogP contribution in [-0.4, -0.2) is 41.3 Å². The summed E-state index contributed by atoms with van der Waals surface area (Å²) in [6.45, 7) is 0. The molecule has 0 spiro atoms. The SMILES string of the molecule is COc1ccccc1N=C1SC(CC(=O)Nc2ccc(F)cc2)C(=O)N1C. The Morgan fingerprint density at radius 2 is 1.96 bits per heavy atom. The molecule has 3 rings (SSSR count). The van der Waals surface area contributed by atoms with Crippen LogP contribution in [0.5, 0.6) is 5.75 Å². The molecular weight excluding hydrogens is 369 g/mol. The number of hydrogen-bond acceptors (Lipinski definition) is 5. The number of ether oxygens (including phenoxy) is 1. The number of halogens is 1. The van der Waals surface area contributed by atoms with E-state index in [0.29, 0.717) is 22.3 Å². The third-order valence-corrected chi connectivity index (χ3v) is 5.17. The van der Waals surface area contributed by atoms with Gasteiger partial charge in [-0.1, -0.05) is 23.9 Å². The lowest BCUT2D eigenvalue weighted by Gasteiger charge is -2.10. The number of carbonyl (C=O) groups is 2. The Bertz CT molecular complexity index is 886. The van der Waals surface area contributed by atoms with Gasteiger partial charge >= 0.3 is 0 Å². The summed E-state index contributed by atoms with van der Waals surface area (Å²) in [6.07, 6.45) is -0.00381. The maximum absolute atomic E-state index is 12.9. The van der Waals surface area contributed by atoms with Gasteiger partial charge in [0, 0.05) is 19.2 Å². The first-order chi connectivity index (χ1) is 13.0. The second-order valence-electron chi connectivity index (χ2n) is 5.83. The first-order valence-corrected chi connectivity index (χ1v) is 9.07. The molecular formula is C19H18FN3O3S. The molecule has 0 radical (unpaired) electrons. The highest BCUT2D eigenvalue weighted by atomic mass is 32.2. The highest BCUT2D eigenvalue weighted by molar-refractivity contribution is 8.15. The number of para-hydroxylation sites is 2. The number of nitrogens with one attached hydrogen (secondary N) is 1. The van der Waals surface area contributed by atoms with Crippen LogP contribution in [0.1, 0.15) is 6.42 Å². The first kappa shape index (κ1) is 18.9. The van der Waals surface area contributed by atoms with Crippen molar-refractivity contribution in [2.75, 3.05) is 19.5 Å². The van der Waals surface area contributed by atoms with Crippen molar-refractivity contribution in [1.82, 2.24) is 4.90 Å².